The molecular weight excluding hydrogens is 376 g/mol. The van der Waals surface area contributed by atoms with Crippen molar-refractivity contribution in [3.05, 3.63) is 64.7 Å². The molecule has 4 nitrogen and oxygen atoms in total. The molecule has 0 radical (unpaired) electrons. The summed E-state index contributed by atoms with van der Waals surface area (Å²) in [4.78, 5) is 0. The molecule has 1 saturated heterocycles. The molecule has 1 fully saturated rings. The van der Waals surface area contributed by atoms with Crippen molar-refractivity contribution < 1.29 is 19.3 Å². The molecule has 30 heavy (non-hydrogen) atoms. The standard InChI is InChI=1S/C24H32O4.C2H6/c1-5-19-9-10-21(24(26-4)16-22(25)13-17(3)28-24)15-20(19)14-18-7-11-23(12-8-18)27-6-2;1-2/h7-12,15,17,22,25H,5-6,13-14,16H2,1-4H3;1-2H3. The summed E-state index contributed by atoms with van der Waals surface area (Å²) in [6.07, 6.45) is 2.40. The lowest BCUT2D eigenvalue weighted by Gasteiger charge is -2.41. The Morgan fingerprint density at radius 2 is 1.77 bits per heavy atom. The topological polar surface area (TPSA) is 47.9 Å². The van der Waals surface area contributed by atoms with E-state index < -0.39 is 11.9 Å². The Kier molecular flexibility index (Phi) is 9.35. The van der Waals surface area contributed by atoms with Gasteiger partial charge in [-0.2, -0.15) is 0 Å². The second kappa shape index (κ2) is 11.5. The van der Waals surface area contributed by atoms with Crippen LogP contribution in [-0.4, -0.2) is 31.0 Å². The fourth-order valence-electron chi connectivity index (χ4n) is 4.10. The third kappa shape index (κ3) is 5.84. The minimum Gasteiger partial charge on any atom is -0.494 e. The Morgan fingerprint density at radius 3 is 2.33 bits per heavy atom. The highest BCUT2D eigenvalue weighted by atomic mass is 16.7. The Bertz CT molecular complexity index is 759. The van der Waals surface area contributed by atoms with Crippen molar-refractivity contribution >= 4 is 0 Å². The van der Waals surface area contributed by atoms with Gasteiger partial charge in [-0.25, -0.2) is 0 Å². The van der Waals surface area contributed by atoms with Crippen LogP contribution in [0.3, 0.4) is 0 Å². The van der Waals surface area contributed by atoms with Crippen LogP contribution in [0.25, 0.3) is 0 Å². The van der Waals surface area contributed by atoms with Gasteiger partial charge in [0.05, 0.1) is 18.8 Å². The van der Waals surface area contributed by atoms with Gasteiger partial charge in [-0.1, -0.05) is 45.0 Å². The van der Waals surface area contributed by atoms with Crippen LogP contribution in [0.4, 0.5) is 0 Å². The van der Waals surface area contributed by atoms with E-state index in [0.717, 1.165) is 24.2 Å². The molecule has 0 spiro atoms. The van der Waals surface area contributed by atoms with Crippen molar-refractivity contribution in [2.45, 2.75) is 78.3 Å². The van der Waals surface area contributed by atoms with Crippen molar-refractivity contribution in [3.8, 4) is 5.75 Å². The Balaban J connectivity index is 0.00000155. The zero-order valence-electron chi connectivity index (χ0n) is 19.4. The lowest BCUT2D eigenvalue weighted by atomic mass is 9.89. The summed E-state index contributed by atoms with van der Waals surface area (Å²) >= 11 is 0. The van der Waals surface area contributed by atoms with Gasteiger partial charge >= 0.3 is 0 Å². The lowest BCUT2D eigenvalue weighted by Crippen LogP contribution is -2.44. The maximum absolute atomic E-state index is 10.3. The summed E-state index contributed by atoms with van der Waals surface area (Å²) in [6.45, 7) is 10.8. The van der Waals surface area contributed by atoms with Crippen molar-refractivity contribution in [2.75, 3.05) is 13.7 Å². The number of hydrogen-bond acceptors (Lipinski definition) is 4. The van der Waals surface area contributed by atoms with Gasteiger partial charge < -0.3 is 19.3 Å². The van der Waals surface area contributed by atoms with Gasteiger partial charge in [-0.15, -0.1) is 0 Å². The van der Waals surface area contributed by atoms with Crippen LogP contribution in [-0.2, 0) is 28.1 Å². The monoisotopic (exact) mass is 414 g/mol. The summed E-state index contributed by atoms with van der Waals surface area (Å²) in [5.41, 5.74) is 4.78. The molecule has 0 aromatic heterocycles. The first-order chi connectivity index (χ1) is 14.5. The van der Waals surface area contributed by atoms with E-state index in [0.29, 0.717) is 19.4 Å². The van der Waals surface area contributed by atoms with Crippen LogP contribution in [0.1, 0.15) is 69.7 Å². The molecule has 0 aliphatic carbocycles. The molecule has 166 valence electrons. The number of aryl methyl sites for hydroxylation is 1. The molecule has 1 aliphatic rings. The molecule has 1 aliphatic heterocycles. The smallest absolute Gasteiger partial charge is 0.197 e. The van der Waals surface area contributed by atoms with Crippen LogP contribution >= 0.6 is 0 Å². The summed E-state index contributed by atoms with van der Waals surface area (Å²) in [5, 5.41) is 10.3. The highest BCUT2D eigenvalue weighted by Gasteiger charge is 2.42. The van der Waals surface area contributed by atoms with Crippen LogP contribution < -0.4 is 4.74 Å². The molecule has 1 N–H and O–H groups in total. The number of benzene rings is 2. The van der Waals surface area contributed by atoms with Crippen molar-refractivity contribution in [1.29, 1.82) is 0 Å². The quantitative estimate of drug-likeness (QED) is 0.638. The van der Waals surface area contributed by atoms with E-state index in [1.165, 1.54) is 16.7 Å². The van der Waals surface area contributed by atoms with E-state index in [9.17, 15) is 5.11 Å². The lowest BCUT2D eigenvalue weighted by molar-refractivity contribution is -0.291. The van der Waals surface area contributed by atoms with E-state index in [4.69, 9.17) is 14.2 Å². The van der Waals surface area contributed by atoms with Gasteiger partial charge in [0.15, 0.2) is 5.79 Å². The van der Waals surface area contributed by atoms with Gasteiger partial charge in [0, 0.05) is 19.1 Å². The summed E-state index contributed by atoms with van der Waals surface area (Å²) < 4.78 is 17.6. The molecule has 0 amide bonds. The molecule has 0 saturated carbocycles. The fraction of sp³-hybridized carbons (Fsp3) is 0.538. The van der Waals surface area contributed by atoms with Crippen molar-refractivity contribution in [1.82, 2.24) is 0 Å². The Hall–Kier alpha value is -1.88. The summed E-state index contributed by atoms with van der Waals surface area (Å²) in [6, 6.07) is 14.7. The predicted octanol–water partition coefficient (Wildman–Crippen LogP) is 5.62. The van der Waals surface area contributed by atoms with E-state index in [1.807, 2.05) is 39.8 Å². The van der Waals surface area contributed by atoms with Gasteiger partial charge in [-0.3, -0.25) is 0 Å². The minimum atomic E-state index is -0.892. The number of methoxy groups -OCH3 is 1. The zero-order valence-corrected chi connectivity index (χ0v) is 19.4. The number of ether oxygens (including phenoxy) is 3. The van der Waals surface area contributed by atoms with E-state index >= 15 is 0 Å². The normalized spacial score (nSPS) is 23.4. The molecule has 0 bridgehead atoms. The second-order valence-corrected chi connectivity index (χ2v) is 7.57. The van der Waals surface area contributed by atoms with E-state index in [1.54, 1.807) is 7.11 Å². The maximum atomic E-state index is 10.3. The first-order valence-corrected chi connectivity index (χ1v) is 11.2. The largest absolute Gasteiger partial charge is 0.494 e. The minimum absolute atomic E-state index is 0.0517. The highest BCUT2D eigenvalue weighted by Crippen LogP contribution is 2.39. The number of hydrogen-bond donors (Lipinski definition) is 1. The van der Waals surface area contributed by atoms with Crippen molar-refractivity contribution in [3.63, 3.8) is 0 Å². The SMILES string of the molecule is CC.CCOc1ccc(Cc2cc(C3(OC)CC(O)CC(C)O3)ccc2CC)cc1. The number of aliphatic hydroxyl groups excluding tert-OH is 1. The van der Waals surface area contributed by atoms with E-state index in [2.05, 4.69) is 37.3 Å². The molecule has 4 heteroatoms. The fourth-order valence-corrected chi connectivity index (χ4v) is 4.10. The molecule has 1 heterocycles. The van der Waals surface area contributed by atoms with Gasteiger partial charge in [0.1, 0.15) is 5.75 Å². The summed E-state index contributed by atoms with van der Waals surface area (Å²) in [5.74, 6) is 0.00402. The molecule has 3 rings (SSSR count). The number of aliphatic hydroxyl groups is 1. The molecule has 3 atom stereocenters. The molecule has 2 aromatic rings. The third-order valence-electron chi connectivity index (χ3n) is 5.49. The molecule has 3 unspecified atom stereocenters. The van der Waals surface area contributed by atoms with Gasteiger partial charge in [0.2, 0.25) is 0 Å². The van der Waals surface area contributed by atoms with Crippen LogP contribution in [0.5, 0.6) is 5.75 Å². The van der Waals surface area contributed by atoms with Crippen molar-refractivity contribution in [2.24, 2.45) is 0 Å². The average Bonchev–Trinajstić information content (AvgIpc) is 2.76. The highest BCUT2D eigenvalue weighted by molar-refractivity contribution is 5.39. The van der Waals surface area contributed by atoms with Crippen LogP contribution in [0.15, 0.2) is 42.5 Å². The van der Waals surface area contributed by atoms with Gasteiger partial charge in [-0.05, 0) is 68.0 Å². The first-order valence-electron chi connectivity index (χ1n) is 11.2. The molecule has 2 aromatic carbocycles. The Morgan fingerprint density at radius 1 is 1.07 bits per heavy atom. The van der Waals surface area contributed by atoms with Crippen LogP contribution in [0.2, 0.25) is 0 Å². The number of rotatable bonds is 7. The maximum Gasteiger partial charge on any atom is 0.197 e. The predicted molar refractivity (Wildman–Crippen MR) is 122 cm³/mol. The third-order valence-corrected chi connectivity index (χ3v) is 5.49. The first kappa shape index (κ1) is 24.4. The van der Waals surface area contributed by atoms with E-state index in [-0.39, 0.29) is 6.10 Å². The zero-order chi connectivity index (χ0) is 22.1. The summed E-state index contributed by atoms with van der Waals surface area (Å²) in [7, 11) is 1.66. The van der Waals surface area contributed by atoms with Gasteiger partial charge in [0.25, 0.3) is 0 Å². The second-order valence-electron chi connectivity index (χ2n) is 7.57. The Labute approximate surface area is 182 Å². The van der Waals surface area contributed by atoms with Crippen LogP contribution in [0, 0.1) is 0 Å². The molecular formula is C26H38O4. The average molecular weight is 415 g/mol.